The highest BCUT2D eigenvalue weighted by Gasteiger charge is 2.15. The Morgan fingerprint density at radius 2 is 1.79 bits per heavy atom. The lowest BCUT2D eigenvalue weighted by molar-refractivity contribution is 0.112. The molecule has 0 saturated heterocycles. The third kappa shape index (κ3) is 5.20. The number of nitrogens with two attached hydrogens (primary N) is 1. The fraction of sp³-hybridized carbons (Fsp3) is 0.310. The van der Waals surface area contributed by atoms with Gasteiger partial charge in [-0.15, -0.1) is 0 Å². The van der Waals surface area contributed by atoms with Crippen LogP contribution in [0.1, 0.15) is 54.1 Å². The summed E-state index contributed by atoms with van der Waals surface area (Å²) in [5.74, 6) is 1.00. The summed E-state index contributed by atoms with van der Waals surface area (Å²) in [6, 6.07) is 20.8. The number of hydrogen-bond donors (Lipinski definition) is 3. The number of nitrogen functional groups attached to an aromatic ring is 1. The molecule has 0 bridgehead atoms. The molecule has 1 aliphatic carbocycles. The summed E-state index contributed by atoms with van der Waals surface area (Å²) in [5, 5.41) is 14.2. The van der Waals surface area contributed by atoms with Crippen molar-refractivity contribution in [3.8, 4) is 0 Å². The Hall–Kier alpha value is -3.44. The second-order valence-electron chi connectivity index (χ2n) is 9.36. The van der Waals surface area contributed by atoms with E-state index in [4.69, 9.17) is 11.1 Å². The van der Waals surface area contributed by atoms with E-state index in [1.165, 1.54) is 42.0 Å². The smallest absolute Gasteiger partial charge is 0.152 e. The Bertz CT molecular complexity index is 1290. The molecule has 0 aliphatic heterocycles. The molecule has 1 heterocycles. The van der Waals surface area contributed by atoms with Gasteiger partial charge in [0.1, 0.15) is 5.84 Å². The SMILES string of the molecule is CNC1CCC(C)CC1.N=C(N)c1ccc2c(C=O)cn(Cc3cccc4ccccc34)c2c1. The molecular formula is C29H34N4O. The van der Waals surface area contributed by atoms with Gasteiger partial charge in [-0.25, -0.2) is 0 Å². The van der Waals surface area contributed by atoms with Crippen LogP contribution in [0.15, 0.2) is 66.9 Å². The average Bonchev–Trinajstić information content (AvgIpc) is 3.22. The number of hydrogen-bond acceptors (Lipinski definition) is 3. The molecular weight excluding hydrogens is 420 g/mol. The molecule has 0 radical (unpaired) electrons. The zero-order valence-electron chi connectivity index (χ0n) is 20.1. The van der Waals surface area contributed by atoms with Crippen molar-refractivity contribution in [1.29, 1.82) is 5.41 Å². The third-order valence-corrected chi connectivity index (χ3v) is 7.00. The van der Waals surface area contributed by atoms with Crippen molar-refractivity contribution in [1.82, 2.24) is 9.88 Å². The predicted octanol–water partition coefficient (Wildman–Crippen LogP) is 5.72. The number of amidine groups is 1. The van der Waals surface area contributed by atoms with E-state index < -0.39 is 0 Å². The van der Waals surface area contributed by atoms with E-state index in [0.29, 0.717) is 17.7 Å². The lowest BCUT2D eigenvalue weighted by Gasteiger charge is -2.25. The van der Waals surface area contributed by atoms with E-state index >= 15 is 0 Å². The maximum absolute atomic E-state index is 11.4. The summed E-state index contributed by atoms with van der Waals surface area (Å²) in [6.45, 7) is 3.00. The number of aldehydes is 1. The van der Waals surface area contributed by atoms with Crippen molar-refractivity contribution < 1.29 is 4.79 Å². The summed E-state index contributed by atoms with van der Waals surface area (Å²) in [4.78, 5) is 11.4. The highest BCUT2D eigenvalue weighted by atomic mass is 16.1. The molecule has 0 unspecified atom stereocenters. The van der Waals surface area contributed by atoms with Crippen molar-refractivity contribution in [3.05, 3.63) is 83.6 Å². The van der Waals surface area contributed by atoms with Crippen LogP contribution >= 0.6 is 0 Å². The second-order valence-corrected chi connectivity index (χ2v) is 9.36. The van der Waals surface area contributed by atoms with Crippen molar-refractivity contribution in [2.24, 2.45) is 11.7 Å². The van der Waals surface area contributed by atoms with Crippen molar-refractivity contribution in [2.45, 2.75) is 45.2 Å². The van der Waals surface area contributed by atoms with Crippen LogP contribution in [0, 0.1) is 11.3 Å². The monoisotopic (exact) mass is 454 g/mol. The van der Waals surface area contributed by atoms with Crippen LogP contribution in [0.4, 0.5) is 0 Å². The number of rotatable bonds is 5. The number of nitrogens with one attached hydrogen (secondary N) is 2. The van der Waals surface area contributed by atoms with Gasteiger partial charge in [0.2, 0.25) is 0 Å². The first kappa shape index (κ1) is 23.7. The van der Waals surface area contributed by atoms with Gasteiger partial charge in [0.05, 0.1) is 0 Å². The van der Waals surface area contributed by atoms with Gasteiger partial charge in [-0.05, 0) is 61.1 Å². The van der Waals surface area contributed by atoms with Crippen molar-refractivity contribution in [3.63, 3.8) is 0 Å². The van der Waals surface area contributed by atoms with E-state index in [1.54, 1.807) is 6.07 Å². The maximum Gasteiger partial charge on any atom is 0.152 e. The van der Waals surface area contributed by atoms with E-state index in [2.05, 4.69) is 43.6 Å². The Morgan fingerprint density at radius 1 is 1.06 bits per heavy atom. The number of nitrogens with zero attached hydrogens (tertiary/aromatic N) is 1. The van der Waals surface area contributed by atoms with Gasteiger partial charge in [0.25, 0.3) is 0 Å². The van der Waals surface area contributed by atoms with Gasteiger partial charge >= 0.3 is 0 Å². The van der Waals surface area contributed by atoms with Gasteiger partial charge in [0, 0.05) is 40.8 Å². The molecule has 1 fully saturated rings. The van der Waals surface area contributed by atoms with Crippen LogP contribution in [-0.4, -0.2) is 29.8 Å². The molecule has 3 aromatic carbocycles. The number of carbonyl (C=O) groups excluding carboxylic acids is 1. The number of benzene rings is 3. The molecule has 1 aromatic heterocycles. The lowest BCUT2D eigenvalue weighted by Crippen LogP contribution is -2.29. The zero-order valence-corrected chi connectivity index (χ0v) is 20.1. The van der Waals surface area contributed by atoms with Crippen LogP contribution < -0.4 is 11.1 Å². The van der Waals surface area contributed by atoms with Crippen LogP contribution in [0.5, 0.6) is 0 Å². The minimum atomic E-state index is 0.0208. The molecule has 0 amide bonds. The molecule has 0 atom stereocenters. The quantitative estimate of drug-likeness (QED) is 0.205. The third-order valence-electron chi connectivity index (χ3n) is 7.00. The van der Waals surface area contributed by atoms with E-state index in [-0.39, 0.29) is 5.84 Å². The van der Waals surface area contributed by atoms with Gasteiger partial charge in [0.15, 0.2) is 6.29 Å². The van der Waals surface area contributed by atoms with E-state index in [0.717, 1.165) is 29.1 Å². The maximum atomic E-state index is 11.4. The molecule has 0 spiro atoms. The molecule has 1 aliphatic rings. The first-order chi connectivity index (χ1) is 16.5. The highest BCUT2D eigenvalue weighted by molar-refractivity contribution is 6.03. The normalized spacial score (nSPS) is 17.8. The molecule has 176 valence electrons. The molecule has 4 aromatic rings. The van der Waals surface area contributed by atoms with Gasteiger partial charge in [-0.3, -0.25) is 10.2 Å². The minimum Gasteiger partial charge on any atom is -0.384 e. The van der Waals surface area contributed by atoms with E-state index in [9.17, 15) is 4.79 Å². The second kappa shape index (κ2) is 10.7. The minimum absolute atomic E-state index is 0.0208. The van der Waals surface area contributed by atoms with Gasteiger partial charge in [-0.2, -0.15) is 0 Å². The summed E-state index contributed by atoms with van der Waals surface area (Å²) in [5.41, 5.74) is 9.01. The van der Waals surface area contributed by atoms with Gasteiger partial charge < -0.3 is 15.6 Å². The predicted molar refractivity (Wildman–Crippen MR) is 142 cm³/mol. The molecule has 1 saturated carbocycles. The lowest BCUT2D eigenvalue weighted by atomic mass is 9.87. The summed E-state index contributed by atoms with van der Waals surface area (Å²) >= 11 is 0. The van der Waals surface area contributed by atoms with Crippen LogP contribution in [0.3, 0.4) is 0 Å². The molecule has 5 rings (SSSR count). The van der Waals surface area contributed by atoms with Crippen LogP contribution in [0.2, 0.25) is 0 Å². The fourth-order valence-electron chi connectivity index (χ4n) is 4.88. The summed E-state index contributed by atoms with van der Waals surface area (Å²) < 4.78 is 2.05. The first-order valence-corrected chi connectivity index (χ1v) is 12.1. The summed E-state index contributed by atoms with van der Waals surface area (Å²) in [7, 11) is 2.07. The topological polar surface area (TPSA) is 83.9 Å². The first-order valence-electron chi connectivity index (χ1n) is 12.1. The number of aromatic nitrogens is 1. The Kier molecular flexibility index (Phi) is 7.43. The van der Waals surface area contributed by atoms with Crippen LogP contribution in [-0.2, 0) is 6.54 Å². The molecule has 4 N–H and O–H groups in total. The molecule has 34 heavy (non-hydrogen) atoms. The number of fused-ring (bicyclic) bond motifs is 2. The van der Waals surface area contributed by atoms with Crippen molar-refractivity contribution in [2.75, 3.05) is 7.05 Å². The van der Waals surface area contributed by atoms with E-state index in [1.807, 2.05) is 41.1 Å². The number of carbonyl (C=O) groups is 1. The molecule has 5 nitrogen and oxygen atoms in total. The van der Waals surface area contributed by atoms with Crippen LogP contribution in [0.25, 0.3) is 21.7 Å². The average molecular weight is 455 g/mol. The largest absolute Gasteiger partial charge is 0.384 e. The standard InChI is InChI=1S/C21H17N3O.C8H17N/c22-21(23)15-8-9-19-17(13-25)12-24(20(19)10-15)11-16-6-3-5-14-4-1-2-7-18(14)16;1-7-3-5-8(9-2)6-4-7/h1-10,12-13H,11H2,(H3,22,23);7-9H,3-6H2,1-2H3. The molecule has 5 heteroatoms. The Morgan fingerprint density at radius 3 is 2.50 bits per heavy atom. The Labute approximate surface area is 201 Å². The zero-order chi connectivity index (χ0) is 24.1. The highest BCUT2D eigenvalue weighted by Crippen LogP contribution is 2.26. The fourth-order valence-corrected chi connectivity index (χ4v) is 4.88. The van der Waals surface area contributed by atoms with Gasteiger partial charge in [-0.1, -0.05) is 61.5 Å². The van der Waals surface area contributed by atoms with Crippen molar-refractivity contribution >= 4 is 33.8 Å². The summed E-state index contributed by atoms with van der Waals surface area (Å²) in [6.07, 6.45) is 8.35. The Balaban J connectivity index is 0.000000257.